The normalized spacial score (nSPS) is 16.4. The molecule has 0 spiro atoms. The van der Waals surface area contributed by atoms with Crippen molar-refractivity contribution in [1.29, 1.82) is 0 Å². The number of furan rings is 1. The third-order valence-electron chi connectivity index (χ3n) is 5.22. The van der Waals surface area contributed by atoms with E-state index in [1.807, 2.05) is 0 Å². The van der Waals surface area contributed by atoms with E-state index in [1.165, 1.54) is 36.6 Å². The van der Waals surface area contributed by atoms with Crippen LogP contribution in [0.5, 0.6) is 0 Å². The lowest BCUT2D eigenvalue weighted by molar-refractivity contribution is -0.139. The summed E-state index contributed by atoms with van der Waals surface area (Å²) in [6.07, 6.45) is 7.36. The van der Waals surface area contributed by atoms with E-state index in [1.54, 1.807) is 6.07 Å². The van der Waals surface area contributed by atoms with Gasteiger partial charge in [-0.15, -0.1) is 0 Å². The maximum absolute atomic E-state index is 13.1. The summed E-state index contributed by atoms with van der Waals surface area (Å²) in [5.41, 5.74) is 0. The second kappa shape index (κ2) is 10.1. The van der Waals surface area contributed by atoms with Crippen LogP contribution in [0, 0.1) is 0 Å². The van der Waals surface area contributed by atoms with E-state index in [9.17, 15) is 18.0 Å². The fraction of sp³-hybridized carbons (Fsp3) is 0.429. The van der Waals surface area contributed by atoms with Gasteiger partial charge in [0.1, 0.15) is 11.0 Å². The fourth-order valence-corrected chi connectivity index (χ4v) is 5.28. The number of carbonyl (C=O) groups is 2. The molecule has 1 fully saturated rings. The molecule has 9 heteroatoms. The van der Waals surface area contributed by atoms with Gasteiger partial charge in [0.25, 0.3) is 0 Å². The lowest BCUT2D eigenvalue weighted by Gasteiger charge is -2.18. The molecular weight excluding hydrogens is 428 g/mol. The Kier molecular flexibility index (Phi) is 7.55. The van der Waals surface area contributed by atoms with Crippen LogP contribution >= 0.6 is 11.6 Å². The highest BCUT2D eigenvalue weighted by molar-refractivity contribution is 7.91. The summed E-state index contributed by atoms with van der Waals surface area (Å²) < 4.78 is 31.5. The van der Waals surface area contributed by atoms with Crippen LogP contribution in [0.25, 0.3) is 0 Å². The van der Waals surface area contributed by atoms with E-state index in [4.69, 9.17) is 16.0 Å². The van der Waals surface area contributed by atoms with E-state index in [2.05, 4.69) is 10.6 Å². The van der Waals surface area contributed by atoms with Crippen LogP contribution in [0.15, 0.2) is 52.0 Å². The summed E-state index contributed by atoms with van der Waals surface area (Å²) >= 11 is 5.85. The molecule has 0 saturated heterocycles. The van der Waals surface area contributed by atoms with Crippen molar-refractivity contribution in [2.45, 2.75) is 54.7 Å². The molecular formula is C21H25ClN2O5S. The molecule has 0 radical (unpaired) electrons. The third-order valence-corrected chi connectivity index (χ3v) is 7.55. The highest BCUT2D eigenvalue weighted by atomic mass is 35.5. The zero-order valence-corrected chi connectivity index (χ0v) is 18.0. The molecule has 30 heavy (non-hydrogen) atoms. The number of carbonyl (C=O) groups excluding carboxylic acids is 2. The molecule has 7 nitrogen and oxygen atoms in total. The molecule has 3 rings (SSSR count). The maximum atomic E-state index is 13.1. The van der Waals surface area contributed by atoms with Crippen LogP contribution in [0.2, 0.25) is 5.02 Å². The van der Waals surface area contributed by atoms with Crippen molar-refractivity contribution in [2.24, 2.45) is 0 Å². The van der Waals surface area contributed by atoms with Gasteiger partial charge in [-0.2, -0.15) is 0 Å². The first-order valence-corrected chi connectivity index (χ1v) is 11.9. The van der Waals surface area contributed by atoms with Gasteiger partial charge in [-0.3, -0.25) is 9.59 Å². The molecule has 1 heterocycles. The first-order chi connectivity index (χ1) is 14.4. The number of nitrogens with one attached hydrogen (secondary N) is 2. The molecule has 1 aliphatic carbocycles. The molecule has 2 N–H and O–H groups in total. The summed E-state index contributed by atoms with van der Waals surface area (Å²) in [7, 11) is -3.89. The van der Waals surface area contributed by atoms with E-state index in [0.29, 0.717) is 5.02 Å². The highest BCUT2D eigenvalue weighted by Crippen LogP contribution is 2.29. The molecule has 162 valence electrons. The number of hydrogen-bond acceptors (Lipinski definition) is 5. The molecule has 1 aliphatic rings. The summed E-state index contributed by atoms with van der Waals surface area (Å²) in [6.45, 7) is -0.296. The standard InChI is InChI=1S/C21H25ClN2O5S/c22-15-9-11-17(12-10-15)30(27,28)19(18-8-5-13-29-18)14-23-20(25)21(26)24-16-6-3-1-2-4-7-16/h5,8-13,16,19H,1-4,6-7,14H2,(H,23,25)(H,24,26). The summed E-state index contributed by atoms with van der Waals surface area (Å²) in [5.74, 6) is -1.43. The Bertz CT molecular complexity index is 950. The predicted octanol–water partition coefficient (Wildman–Crippen LogP) is 3.40. The first kappa shape index (κ1) is 22.4. The zero-order chi connectivity index (χ0) is 21.6. The maximum Gasteiger partial charge on any atom is 0.309 e. The second-order valence-electron chi connectivity index (χ2n) is 7.37. The van der Waals surface area contributed by atoms with Crippen LogP contribution in [0.1, 0.15) is 49.5 Å². The lowest BCUT2D eigenvalue weighted by atomic mass is 10.1. The van der Waals surface area contributed by atoms with Crippen LogP contribution in [0.4, 0.5) is 0 Å². The minimum absolute atomic E-state index is 0.0237. The number of halogens is 1. The first-order valence-electron chi connectivity index (χ1n) is 9.99. The fourth-order valence-electron chi connectivity index (χ4n) is 3.57. The monoisotopic (exact) mass is 452 g/mol. The lowest BCUT2D eigenvalue weighted by Crippen LogP contribution is -2.45. The molecule has 1 aromatic heterocycles. The van der Waals surface area contributed by atoms with Crippen molar-refractivity contribution in [3.05, 3.63) is 53.4 Å². The Morgan fingerprint density at radius 3 is 2.30 bits per heavy atom. The molecule has 0 bridgehead atoms. The average Bonchev–Trinajstić information content (AvgIpc) is 3.12. The Morgan fingerprint density at radius 2 is 1.70 bits per heavy atom. The van der Waals surface area contributed by atoms with Gasteiger partial charge >= 0.3 is 11.8 Å². The summed E-state index contributed by atoms with van der Waals surface area (Å²) in [4.78, 5) is 24.6. The van der Waals surface area contributed by atoms with Crippen molar-refractivity contribution < 1.29 is 22.4 Å². The molecule has 1 saturated carbocycles. The second-order valence-corrected chi connectivity index (χ2v) is 9.94. The third kappa shape index (κ3) is 5.64. The SMILES string of the molecule is O=C(NCC(c1ccco1)S(=O)(=O)c1ccc(Cl)cc1)C(=O)NC1CCCCCC1. The Hall–Kier alpha value is -2.32. The number of amides is 2. The molecule has 1 aromatic carbocycles. The molecule has 1 unspecified atom stereocenters. The van der Waals surface area contributed by atoms with Gasteiger partial charge < -0.3 is 15.1 Å². The highest BCUT2D eigenvalue weighted by Gasteiger charge is 2.32. The Labute approximate surface area is 181 Å². The molecule has 1 atom stereocenters. The van der Waals surface area contributed by atoms with Gasteiger partial charge in [0.2, 0.25) is 0 Å². The van der Waals surface area contributed by atoms with E-state index >= 15 is 0 Å². The zero-order valence-electron chi connectivity index (χ0n) is 16.5. The minimum Gasteiger partial charge on any atom is -0.468 e. The predicted molar refractivity (Wildman–Crippen MR) is 113 cm³/mol. The van der Waals surface area contributed by atoms with E-state index in [0.717, 1.165) is 38.5 Å². The van der Waals surface area contributed by atoms with Gasteiger partial charge in [0.15, 0.2) is 9.84 Å². The minimum atomic E-state index is -3.89. The van der Waals surface area contributed by atoms with Crippen molar-refractivity contribution in [3.8, 4) is 0 Å². The van der Waals surface area contributed by atoms with E-state index in [-0.39, 0.29) is 23.2 Å². The van der Waals surface area contributed by atoms with Gasteiger partial charge in [-0.1, -0.05) is 37.3 Å². The molecule has 0 aliphatic heterocycles. The Balaban J connectivity index is 1.69. The van der Waals surface area contributed by atoms with Gasteiger partial charge in [-0.25, -0.2) is 8.42 Å². The quantitative estimate of drug-likeness (QED) is 0.516. The number of rotatable bonds is 6. The van der Waals surface area contributed by atoms with Crippen molar-refractivity contribution in [1.82, 2.24) is 10.6 Å². The number of benzene rings is 1. The van der Waals surface area contributed by atoms with Crippen LogP contribution in [-0.4, -0.2) is 32.8 Å². The largest absolute Gasteiger partial charge is 0.468 e. The van der Waals surface area contributed by atoms with Gasteiger partial charge in [0.05, 0.1) is 11.2 Å². The number of sulfone groups is 1. The molecule has 2 amide bonds. The van der Waals surface area contributed by atoms with Gasteiger partial charge in [-0.05, 0) is 49.2 Å². The van der Waals surface area contributed by atoms with E-state index < -0.39 is 26.9 Å². The van der Waals surface area contributed by atoms with Crippen LogP contribution in [-0.2, 0) is 19.4 Å². The van der Waals surface area contributed by atoms with Crippen molar-refractivity contribution in [2.75, 3.05) is 6.54 Å². The topological polar surface area (TPSA) is 105 Å². The Morgan fingerprint density at radius 1 is 1.03 bits per heavy atom. The summed E-state index contributed by atoms with van der Waals surface area (Å²) in [5, 5.41) is 4.43. The molecule has 2 aromatic rings. The number of hydrogen-bond donors (Lipinski definition) is 2. The van der Waals surface area contributed by atoms with Gasteiger partial charge in [0, 0.05) is 17.6 Å². The average molecular weight is 453 g/mol. The van der Waals surface area contributed by atoms with Crippen molar-refractivity contribution >= 4 is 33.3 Å². The smallest absolute Gasteiger partial charge is 0.309 e. The van der Waals surface area contributed by atoms with Crippen LogP contribution < -0.4 is 10.6 Å². The summed E-state index contributed by atoms with van der Waals surface area (Å²) in [6, 6.07) is 8.82. The van der Waals surface area contributed by atoms with Crippen LogP contribution in [0.3, 0.4) is 0 Å². The van der Waals surface area contributed by atoms with Crippen molar-refractivity contribution in [3.63, 3.8) is 0 Å².